The Balaban J connectivity index is 1.67. The number of aromatic nitrogens is 2. The van der Waals surface area contributed by atoms with Crippen LogP contribution in [0.4, 0.5) is 0 Å². The van der Waals surface area contributed by atoms with Crippen LogP contribution in [0.3, 0.4) is 0 Å². The Morgan fingerprint density at radius 3 is 2.77 bits per heavy atom. The van der Waals surface area contributed by atoms with E-state index < -0.39 is 0 Å². The highest BCUT2D eigenvalue weighted by Crippen LogP contribution is 2.24. The summed E-state index contributed by atoms with van der Waals surface area (Å²) in [4.78, 5) is 22.8. The van der Waals surface area contributed by atoms with Crippen molar-refractivity contribution in [3.05, 3.63) is 30.6 Å². The minimum Gasteiger partial charge on any atom is -0.372 e. The summed E-state index contributed by atoms with van der Waals surface area (Å²) in [6, 6.07) is 7.85. The number of para-hydroxylation sites is 1. The fourth-order valence-corrected chi connectivity index (χ4v) is 3.59. The molecule has 0 radical (unpaired) electrons. The van der Waals surface area contributed by atoms with Gasteiger partial charge < -0.3 is 9.64 Å². The van der Waals surface area contributed by atoms with Gasteiger partial charge in [-0.1, -0.05) is 30.0 Å². The van der Waals surface area contributed by atoms with E-state index in [-0.39, 0.29) is 18.1 Å². The van der Waals surface area contributed by atoms with E-state index in [2.05, 4.69) is 9.97 Å². The minimum absolute atomic E-state index is 0.0950. The number of hydrogen-bond donors (Lipinski definition) is 0. The Hall–Kier alpha value is -1.66. The predicted octanol–water partition coefficient (Wildman–Crippen LogP) is 2.36. The van der Waals surface area contributed by atoms with Crippen LogP contribution in [-0.2, 0) is 9.53 Å². The van der Waals surface area contributed by atoms with Crippen LogP contribution in [0.2, 0.25) is 0 Å². The predicted molar refractivity (Wildman–Crippen MR) is 86.9 cm³/mol. The molecule has 1 aliphatic heterocycles. The van der Waals surface area contributed by atoms with Crippen molar-refractivity contribution >= 4 is 28.6 Å². The molecule has 2 atom stereocenters. The molecule has 3 rings (SSSR count). The topological polar surface area (TPSA) is 55.3 Å². The number of rotatable bonds is 3. The Bertz CT molecular complexity index is 664. The highest BCUT2D eigenvalue weighted by atomic mass is 32.2. The van der Waals surface area contributed by atoms with Crippen molar-refractivity contribution in [2.45, 2.75) is 31.1 Å². The molecule has 1 saturated heterocycles. The van der Waals surface area contributed by atoms with Gasteiger partial charge in [-0.25, -0.2) is 9.97 Å². The fraction of sp³-hybridized carbons (Fsp3) is 0.438. The van der Waals surface area contributed by atoms with Crippen LogP contribution in [0.1, 0.15) is 13.8 Å². The normalized spacial score (nSPS) is 22.0. The third-order valence-electron chi connectivity index (χ3n) is 3.61. The van der Waals surface area contributed by atoms with E-state index in [1.54, 1.807) is 6.33 Å². The minimum atomic E-state index is 0.0950. The highest BCUT2D eigenvalue weighted by molar-refractivity contribution is 8.00. The van der Waals surface area contributed by atoms with Gasteiger partial charge in [0.05, 0.1) is 23.5 Å². The lowest BCUT2D eigenvalue weighted by Crippen LogP contribution is -2.48. The summed E-state index contributed by atoms with van der Waals surface area (Å²) in [6.07, 6.45) is 1.74. The maximum Gasteiger partial charge on any atom is 0.233 e. The molecule has 0 saturated carbocycles. The number of thioether (sulfide) groups is 1. The first-order chi connectivity index (χ1) is 10.6. The molecule has 1 fully saturated rings. The molecule has 0 N–H and O–H groups in total. The van der Waals surface area contributed by atoms with Crippen LogP contribution in [0.15, 0.2) is 35.6 Å². The zero-order valence-electron chi connectivity index (χ0n) is 12.7. The third kappa shape index (κ3) is 3.39. The maximum absolute atomic E-state index is 12.4. The molecule has 22 heavy (non-hydrogen) atoms. The van der Waals surface area contributed by atoms with Gasteiger partial charge in [-0.2, -0.15) is 0 Å². The highest BCUT2D eigenvalue weighted by Gasteiger charge is 2.25. The quantitative estimate of drug-likeness (QED) is 0.642. The average molecular weight is 317 g/mol. The second-order valence-electron chi connectivity index (χ2n) is 5.54. The van der Waals surface area contributed by atoms with Crippen LogP contribution in [0.25, 0.3) is 10.9 Å². The molecule has 1 aliphatic rings. The standard InChI is InChI=1S/C16H19N3O2S/c1-11-7-19(8-12(2)21-11)15(20)9-22-16-13-5-3-4-6-14(13)17-10-18-16/h3-6,10-12H,7-9H2,1-2H3/t11-,12-/m1/s1. The number of carbonyl (C=O) groups excluding carboxylic acids is 1. The summed E-state index contributed by atoms with van der Waals surface area (Å²) in [7, 11) is 0. The van der Waals surface area contributed by atoms with Crippen molar-refractivity contribution < 1.29 is 9.53 Å². The van der Waals surface area contributed by atoms with Crippen LogP contribution in [0, 0.1) is 0 Å². The number of nitrogens with zero attached hydrogens (tertiary/aromatic N) is 3. The van der Waals surface area contributed by atoms with Crippen LogP contribution in [-0.4, -0.2) is 51.8 Å². The summed E-state index contributed by atoms with van der Waals surface area (Å²) in [6.45, 7) is 5.32. The number of amides is 1. The van der Waals surface area contributed by atoms with E-state index >= 15 is 0 Å². The molecule has 1 aromatic heterocycles. The Morgan fingerprint density at radius 2 is 2.00 bits per heavy atom. The second-order valence-corrected chi connectivity index (χ2v) is 6.50. The number of hydrogen-bond acceptors (Lipinski definition) is 5. The van der Waals surface area contributed by atoms with Crippen LogP contribution < -0.4 is 0 Å². The lowest BCUT2D eigenvalue weighted by Gasteiger charge is -2.35. The Labute approximate surface area is 134 Å². The molecule has 1 amide bonds. The Kier molecular flexibility index (Phi) is 4.59. The van der Waals surface area contributed by atoms with E-state index in [4.69, 9.17) is 4.74 Å². The van der Waals surface area contributed by atoms with Gasteiger partial charge in [0, 0.05) is 18.5 Å². The number of fused-ring (bicyclic) bond motifs is 1. The second kappa shape index (κ2) is 6.62. The third-order valence-corrected chi connectivity index (χ3v) is 4.60. The van der Waals surface area contributed by atoms with Gasteiger partial charge in [-0.05, 0) is 19.9 Å². The van der Waals surface area contributed by atoms with E-state index in [1.807, 2.05) is 43.0 Å². The van der Waals surface area contributed by atoms with Crippen molar-refractivity contribution in [3.63, 3.8) is 0 Å². The largest absolute Gasteiger partial charge is 0.372 e. The molecule has 0 aliphatic carbocycles. The molecule has 0 spiro atoms. The molecule has 0 unspecified atom stereocenters. The van der Waals surface area contributed by atoms with Gasteiger partial charge in [-0.3, -0.25) is 4.79 Å². The summed E-state index contributed by atoms with van der Waals surface area (Å²) in [5.41, 5.74) is 0.904. The zero-order chi connectivity index (χ0) is 15.5. The number of ether oxygens (including phenoxy) is 1. The van der Waals surface area contributed by atoms with Gasteiger partial charge in [0.25, 0.3) is 0 Å². The van der Waals surface area contributed by atoms with Gasteiger partial charge in [0.1, 0.15) is 11.4 Å². The van der Waals surface area contributed by atoms with Crippen molar-refractivity contribution in [1.82, 2.24) is 14.9 Å². The smallest absolute Gasteiger partial charge is 0.233 e. The first kappa shape index (κ1) is 15.2. The lowest BCUT2D eigenvalue weighted by molar-refractivity contribution is -0.140. The van der Waals surface area contributed by atoms with Crippen molar-refractivity contribution in [2.24, 2.45) is 0 Å². The SMILES string of the molecule is C[C@@H]1CN(C(=O)CSc2ncnc3ccccc23)C[C@@H](C)O1. The average Bonchev–Trinajstić information content (AvgIpc) is 2.51. The molecule has 116 valence electrons. The molecule has 5 nitrogen and oxygen atoms in total. The molecular weight excluding hydrogens is 298 g/mol. The van der Waals surface area contributed by atoms with Gasteiger partial charge in [-0.15, -0.1) is 0 Å². The van der Waals surface area contributed by atoms with E-state index in [0.717, 1.165) is 15.9 Å². The maximum atomic E-state index is 12.4. The van der Waals surface area contributed by atoms with Crippen molar-refractivity contribution in [1.29, 1.82) is 0 Å². The van der Waals surface area contributed by atoms with Gasteiger partial charge in [0.2, 0.25) is 5.91 Å². The van der Waals surface area contributed by atoms with Crippen molar-refractivity contribution in [2.75, 3.05) is 18.8 Å². The molecule has 6 heteroatoms. The number of benzene rings is 1. The van der Waals surface area contributed by atoms with Crippen LogP contribution >= 0.6 is 11.8 Å². The fourth-order valence-electron chi connectivity index (χ4n) is 2.70. The van der Waals surface area contributed by atoms with E-state index in [1.165, 1.54) is 11.8 Å². The first-order valence-electron chi connectivity index (χ1n) is 7.39. The van der Waals surface area contributed by atoms with E-state index in [9.17, 15) is 4.79 Å². The molecule has 1 aromatic carbocycles. The molecule has 0 bridgehead atoms. The Morgan fingerprint density at radius 1 is 1.27 bits per heavy atom. The van der Waals surface area contributed by atoms with Gasteiger partial charge >= 0.3 is 0 Å². The summed E-state index contributed by atoms with van der Waals surface area (Å²) in [5, 5.41) is 1.85. The summed E-state index contributed by atoms with van der Waals surface area (Å²) in [5.74, 6) is 0.523. The molecular formula is C16H19N3O2S. The van der Waals surface area contributed by atoms with Gasteiger partial charge in [0.15, 0.2) is 0 Å². The number of morpholine rings is 1. The van der Waals surface area contributed by atoms with E-state index in [0.29, 0.717) is 18.8 Å². The van der Waals surface area contributed by atoms with Crippen LogP contribution in [0.5, 0.6) is 0 Å². The summed E-state index contributed by atoms with van der Waals surface area (Å²) < 4.78 is 5.67. The zero-order valence-corrected chi connectivity index (χ0v) is 13.5. The lowest BCUT2D eigenvalue weighted by atomic mass is 10.2. The summed E-state index contributed by atoms with van der Waals surface area (Å²) >= 11 is 1.47. The monoisotopic (exact) mass is 317 g/mol. The first-order valence-corrected chi connectivity index (χ1v) is 8.38. The number of carbonyl (C=O) groups is 1. The molecule has 2 heterocycles. The molecule has 2 aromatic rings. The van der Waals surface area contributed by atoms with Crippen molar-refractivity contribution in [3.8, 4) is 0 Å².